The van der Waals surface area contributed by atoms with Crippen molar-refractivity contribution in [3.63, 3.8) is 0 Å². The van der Waals surface area contributed by atoms with Crippen LogP contribution < -0.4 is 10.5 Å². The Labute approximate surface area is 106 Å². The lowest BCUT2D eigenvalue weighted by atomic mass is 10.0. The molecule has 0 bridgehead atoms. The lowest BCUT2D eigenvalue weighted by Crippen LogP contribution is -2.50. The molecule has 1 aromatic rings. The van der Waals surface area contributed by atoms with E-state index in [0.29, 0.717) is 0 Å². The first-order chi connectivity index (χ1) is 8.19. The van der Waals surface area contributed by atoms with E-state index in [1.807, 2.05) is 13.8 Å². The van der Waals surface area contributed by atoms with E-state index in [9.17, 15) is 9.59 Å². The number of rotatable bonds is 4. The summed E-state index contributed by atoms with van der Waals surface area (Å²) in [4.78, 5) is 28.8. The van der Waals surface area contributed by atoms with Crippen LogP contribution in [0.2, 0.25) is 0 Å². The Balaban J connectivity index is 3.31. The average molecular weight is 253 g/mol. The van der Waals surface area contributed by atoms with Crippen LogP contribution in [0.1, 0.15) is 33.7 Å². The summed E-state index contributed by atoms with van der Waals surface area (Å²) in [5, 5.41) is 9.16. The minimum Gasteiger partial charge on any atom is -0.480 e. The number of carbonyl (C=O) groups is 1. The SMILES string of the molecule is CC(C)n1ccnc(N(C)C(C)(C)C(=O)O)c1=O. The Bertz CT molecular complexity index is 506. The van der Waals surface area contributed by atoms with E-state index < -0.39 is 11.5 Å². The monoisotopic (exact) mass is 253 g/mol. The van der Waals surface area contributed by atoms with Crippen molar-refractivity contribution in [2.45, 2.75) is 39.3 Å². The lowest BCUT2D eigenvalue weighted by molar-refractivity contribution is -0.142. The first-order valence-corrected chi connectivity index (χ1v) is 5.74. The number of aromatic nitrogens is 2. The largest absolute Gasteiger partial charge is 0.480 e. The molecule has 0 atom stereocenters. The Morgan fingerprint density at radius 3 is 2.50 bits per heavy atom. The maximum absolute atomic E-state index is 12.2. The fourth-order valence-electron chi connectivity index (χ4n) is 1.46. The molecule has 0 saturated carbocycles. The highest BCUT2D eigenvalue weighted by Crippen LogP contribution is 2.17. The van der Waals surface area contributed by atoms with Crippen LogP contribution in [-0.2, 0) is 4.79 Å². The molecule has 0 saturated heterocycles. The van der Waals surface area contributed by atoms with Crippen molar-refractivity contribution in [2.75, 3.05) is 11.9 Å². The highest BCUT2D eigenvalue weighted by molar-refractivity contribution is 5.81. The Morgan fingerprint density at radius 1 is 1.50 bits per heavy atom. The zero-order chi connectivity index (χ0) is 14.1. The normalized spacial score (nSPS) is 11.7. The highest BCUT2D eigenvalue weighted by Gasteiger charge is 2.34. The number of anilines is 1. The summed E-state index contributed by atoms with van der Waals surface area (Å²) in [6.45, 7) is 6.83. The van der Waals surface area contributed by atoms with Gasteiger partial charge in [0.15, 0.2) is 5.82 Å². The highest BCUT2D eigenvalue weighted by atomic mass is 16.4. The van der Waals surface area contributed by atoms with Crippen molar-refractivity contribution in [3.8, 4) is 0 Å². The van der Waals surface area contributed by atoms with E-state index in [4.69, 9.17) is 5.11 Å². The van der Waals surface area contributed by atoms with E-state index in [1.165, 1.54) is 29.5 Å². The molecule has 1 rings (SSSR count). The van der Waals surface area contributed by atoms with Crippen molar-refractivity contribution < 1.29 is 9.90 Å². The van der Waals surface area contributed by atoms with Gasteiger partial charge in [-0.1, -0.05) is 0 Å². The quantitative estimate of drug-likeness (QED) is 0.870. The molecule has 1 aromatic heterocycles. The number of carboxylic acid groups (broad SMARTS) is 1. The summed E-state index contributed by atoms with van der Waals surface area (Å²) in [6, 6.07) is 0.000547. The van der Waals surface area contributed by atoms with Crippen LogP contribution in [0.5, 0.6) is 0 Å². The summed E-state index contributed by atoms with van der Waals surface area (Å²) >= 11 is 0. The van der Waals surface area contributed by atoms with Crippen LogP contribution >= 0.6 is 0 Å². The molecular weight excluding hydrogens is 234 g/mol. The molecule has 0 aliphatic rings. The molecule has 6 nitrogen and oxygen atoms in total. The first-order valence-electron chi connectivity index (χ1n) is 5.74. The molecule has 0 spiro atoms. The summed E-state index contributed by atoms with van der Waals surface area (Å²) in [5.41, 5.74) is -1.48. The number of hydrogen-bond donors (Lipinski definition) is 1. The van der Waals surface area contributed by atoms with Gasteiger partial charge in [0.05, 0.1) is 0 Å². The van der Waals surface area contributed by atoms with Gasteiger partial charge in [-0.05, 0) is 27.7 Å². The van der Waals surface area contributed by atoms with Gasteiger partial charge in [0, 0.05) is 25.5 Å². The fraction of sp³-hybridized carbons (Fsp3) is 0.583. The van der Waals surface area contributed by atoms with E-state index >= 15 is 0 Å². The van der Waals surface area contributed by atoms with Gasteiger partial charge in [-0.3, -0.25) is 4.79 Å². The third-order valence-corrected chi connectivity index (χ3v) is 3.09. The standard InChI is InChI=1S/C12H19N3O3/c1-8(2)15-7-6-13-9(10(15)16)14(5)12(3,4)11(17)18/h6-8H,1-5H3,(H,17,18). The van der Waals surface area contributed by atoms with E-state index in [0.717, 1.165) is 0 Å². The summed E-state index contributed by atoms with van der Waals surface area (Å²) in [6.07, 6.45) is 3.10. The molecule has 1 heterocycles. The maximum Gasteiger partial charge on any atom is 0.328 e. The van der Waals surface area contributed by atoms with E-state index in [-0.39, 0.29) is 17.4 Å². The molecule has 100 valence electrons. The van der Waals surface area contributed by atoms with Gasteiger partial charge in [-0.15, -0.1) is 0 Å². The van der Waals surface area contributed by atoms with Gasteiger partial charge in [0.2, 0.25) is 0 Å². The van der Waals surface area contributed by atoms with Crippen molar-refractivity contribution in [1.29, 1.82) is 0 Å². The summed E-state index contributed by atoms with van der Waals surface area (Å²) in [7, 11) is 1.56. The second kappa shape index (κ2) is 4.80. The van der Waals surface area contributed by atoms with Crippen molar-refractivity contribution in [2.24, 2.45) is 0 Å². The number of carboxylic acids is 1. The minimum atomic E-state index is -1.19. The number of aliphatic carboxylic acids is 1. The molecule has 0 unspecified atom stereocenters. The zero-order valence-electron chi connectivity index (χ0n) is 11.3. The van der Waals surface area contributed by atoms with Crippen LogP contribution in [-0.4, -0.2) is 33.2 Å². The van der Waals surface area contributed by atoms with Crippen LogP contribution in [0.4, 0.5) is 5.82 Å². The molecular formula is C12H19N3O3. The van der Waals surface area contributed by atoms with E-state index in [2.05, 4.69) is 4.98 Å². The molecule has 18 heavy (non-hydrogen) atoms. The molecule has 0 aliphatic heterocycles. The Hall–Kier alpha value is -1.85. The fourth-order valence-corrected chi connectivity index (χ4v) is 1.46. The Morgan fingerprint density at radius 2 is 2.06 bits per heavy atom. The number of hydrogen-bond acceptors (Lipinski definition) is 4. The number of likely N-dealkylation sites (N-methyl/N-ethyl adjacent to an activating group) is 1. The molecule has 0 fully saturated rings. The van der Waals surface area contributed by atoms with Gasteiger partial charge in [0.1, 0.15) is 5.54 Å². The summed E-state index contributed by atoms with van der Waals surface area (Å²) in [5.74, 6) is -0.871. The third kappa shape index (κ3) is 2.37. The molecule has 0 radical (unpaired) electrons. The predicted molar refractivity (Wildman–Crippen MR) is 69.0 cm³/mol. The van der Waals surface area contributed by atoms with Crippen LogP contribution in [0.3, 0.4) is 0 Å². The maximum atomic E-state index is 12.2. The van der Waals surface area contributed by atoms with Gasteiger partial charge in [-0.25, -0.2) is 9.78 Å². The first kappa shape index (κ1) is 14.2. The topological polar surface area (TPSA) is 75.4 Å². The van der Waals surface area contributed by atoms with Gasteiger partial charge < -0.3 is 14.6 Å². The summed E-state index contributed by atoms with van der Waals surface area (Å²) < 4.78 is 1.52. The van der Waals surface area contributed by atoms with Crippen LogP contribution in [0.15, 0.2) is 17.2 Å². The second-order valence-corrected chi connectivity index (χ2v) is 4.98. The van der Waals surface area contributed by atoms with Crippen molar-refractivity contribution in [1.82, 2.24) is 9.55 Å². The zero-order valence-corrected chi connectivity index (χ0v) is 11.3. The number of nitrogens with zero attached hydrogens (tertiary/aromatic N) is 3. The lowest BCUT2D eigenvalue weighted by Gasteiger charge is -2.32. The van der Waals surface area contributed by atoms with Crippen LogP contribution in [0.25, 0.3) is 0 Å². The van der Waals surface area contributed by atoms with Gasteiger partial charge in [0.25, 0.3) is 5.56 Å². The minimum absolute atomic E-state index is 0.000547. The van der Waals surface area contributed by atoms with Crippen molar-refractivity contribution >= 4 is 11.8 Å². The molecule has 0 aromatic carbocycles. The third-order valence-electron chi connectivity index (χ3n) is 3.09. The average Bonchev–Trinajstić information content (AvgIpc) is 2.27. The second-order valence-electron chi connectivity index (χ2n) is 4.98. The molecule has 6 heteroatoms. The van der Waals surface area contributed by atoms with Crippen LogP contribution in [0, 0.1) is 0 Å². The van der Waals surface area contributed by atoms with Crippen molar-refractivity contribution in [3.05, 3.63) is 22.7 Å². The van der Waals surface area contributed by atoms with Gasteiger partial charge in [-0.2, -0.15) is 0 Å². The predicted octanol–water partition coefficient (Wildman–Crippen LogP) is 1.12. The molecule has 0 aliphatic carbocycles. The Kier molecular flexibility index (Phi) is 3.79. The molecule has 1 N–H and O–H groups in total. The smallest absolute Gasteiger partial charge is 0.328 e. The molecule has 0 amide bonds. The van der Waals surface area contributed by atoms with Gasteiger partial charge >= 0.3 is 5.97 Å². The van der Waals surface area contributed by atoms with E-state index in [1.54, 1.807) is 13.2 Å².